The number of hydrogen-bond acceptors (Lipinski definition) is 3. The van der Waals surface area contributed by atoms with E-state index < -0.39 is 6.09 Å². The fourth-order valence-electron chi connectivity index (χ4n) is 1.89. The smallest absolute Gasteiger partial charge is 0.409 e. The van der Waals surface area contributed by atoms with Crippen molar-refractivity contribution in [3.05, 3.63) is 54.1 Å². The minimum atomic E-state index is -1.21. The third kappa shape index (κ3) is 4.89. The van der Waals surface area contributed by atoms with Crippen molar-refractivity contribution in [2.45, 2.75) is 0 Å². The third-order valence-electron chi connectivity index (χ3n) is 2.86. The number of benzene rings is 2. The lowest BCUT2D eigenvalue weighted by Crippen LogP contribution is -2.15. The molecule has 0 bridgehead atoms. The molecule has 0 aliphatic heterocycles. The van der Waals surface area contributed by atoms with Crippen LogP contribution < -0.4 is 15.4 Å². The SMILES string of the molecule is O=C(O)Nc1ccccc1NC(=O)c1cccc(OCCCl)c1. The highest BCUT2D eigenvalue weighted by Crippen LogP contribution is 2.22. The van der Waals surface area contributed by atoms with Gasteiger partial charge in [0.25, 0.3) is 5.91 Å². The fraction of sp³-hybridized carbons (Fsp3) is 0.125. The Labute approximate surface area is 138 Å². The second kappa shape index (κ2) is 8.05. The summed E-state index contributed by atoms with van der Waals surface area (Å²) < 4.78 is 5.37. The molecule has 0 aromatic heterocycles. The molecule has 0 unspecified atom stereocenters. The van der Waals surface area contributed by atoms with Crippen LogP contribution in [-0.4, -0.2) is 29.6 Å². The number of halogens is 1. The van der Waals surface area contributed by atoms with E-state index in [-0.39, 0.29) is 5.91 Å². The van der Waals surface area contributed by atoms with Crippen LogP contribution >= 0.6 is 11.6 Å². The van der Waals surface area contributed by atoms with Gasteiger partial charge in [-0.1, -0.05) is 18.2 Å². The Morgan fingerprint density at radius 1 is 1.04 bits per heavy atom. The van der Waals surface area contributed by atoms with Gasteiger partial charge in [-0.15, -0.1) is 11.6 Å². The molecule has 23 heavy (non-hydrogen) atoms. The monoisotopic (exact) mass is 334 g/mol. The molecule has 120 valence electrons. The van der Waals surface area contributed by atoms with E-state index in [1.54, 1.807) is 48.5 Å². The lowest BCUT2D eigenvalue weighted by Gasteiger charge is -2.11. The topological polar surface area (TPSA) is 87.7 Å². The number of carbonyl (C=O) groups is 2. The van der Waals surface area contributed by atoms with E-state index in [2.05, 4.69) is 10.6 Å². The summed E-state index contributed by atoms with van der Waals surface area (Å²) in [5, 5.41) is 13.7. The highest BCUT2D eigenvalue weighted by atomic mass is 35.5. The van der Waals surface area contributed by atoms with Crippen molar-refractivity contribution < 1.29 is 19.4 Å². The molecule has 6 nitrogen and oxygen atoms in total. The van der Waals surface area contributed by atoms with Gasteiger partial charge in [0.2, 0.25) is 0 Å². The van der Waals surface area contributed by atoms with Crippen LogP contribution in [0.5, 0.6) is 5.75 Å². The minimum absolute atomic E-state index is 0.294. The molecule has 3 N–H and O–H groups in total. The summed E-state index contributed by atoms with van der Waals surface area (Å²) >= 11 is 5.56. The molecule has 0 heterocycles. The number of carbonyl (C=O) groups excluding carboxylic acids is 1. The molecule has 0 radical (unpaired) electrons. The van der Waals surface area contributed by atoms with Crippen molar-refractivity contribution in [2.24, 2.45) is 0 Å². The fourth-order valence-corrected chi connectivity index (χ4v) is 1.97. The Morgan fingerprint density at radius 2 is 1.74 bits per heavy atom. The summed E-state index contributed by atoms with van der Waals surface area (Å²) in [6.45, 7) is 0.345. The summed E-state index contributed by atoms with van der Waals surface area (Å²) in [6.07, 6.45) is -1.21. The highest BCUT2D eigenvalue weighted by molar-refractivity contribution is 6.18. The first-order valence-corrected chi connectivity index (χ1v) is 7.33. The van der Waals surface area contributed by atoms with Crippen LogP contribution in [0.3, 0.4) is 0 Å². The first-order valence-electron chi connectivity index (χ1n) is 6.79. The number of nitrogens with one attached hydrogen (secondary N) is 2. The molecule has 0 aliphatic rings. The predicted molar refractivity (Wildman–Crippen MR) is 88.7 cm³/mol. The van der Waals surface area contributed by atoms with E-state index in [4.69, 9.17) is 21.4 Å². The number of anilines is 2. The normalized spacial score (nSPS) is 9.96. The molecule has 2 rings (SSSR count). The van der Waals surface area contributed by atoms with Crippen molar-refractivity contribution >= 4 is 35.0 Å². The van der Waals surface area contributed by atoms with Crippen molar-refractivity contribution in [3.8, 4) is 5.75 Å². The maximum absolute atomic E-state index is 12.3. The maximum Gasteiger partial charge on any atom is 0.409 e. The van der Waals surface area contributed by atoms with Gasteiger partial charge in [-0.25, -0.2) is 4.79 Å². The van der Waals surface area contributed by atoms with Gasteiger partial charge in [-0.05, 0) is 30.3 Å². The Balaban J connectivity index is 2.14. The van der Waals surface area contributed by atoms with Crippen LogP contribution in [0.15, 0.2) is 48.5 Å². The maximum atomic E-state index is 12.3. The summed E-state index contributed by atoms with van der Waals surface area (Å²) in [4.78, 5) is 23.1. The molecule has 2 amide bonds. The summed E-state index contributed by atoms with van der Waals surface area (Å²) in [5.74, 6) is 0.515. The second-order valence-corrected chi connectivity index (χ2v) is 4.87. The average Bonchev–Trinajstić information content (AvgIpc) is 2.54. The second-order valence-electron chi connectivity index (χ2n) is 4.50. The van der Waals surface area contributed by atoms with E-state index in [9.17, 15) is 9.59 Å². The quantitative estimate of drug-likeness (QED) is 0.704. The van der Waals surface area contributed by atoms with Crippen molar-refractivity contribution in [1.82, 2.24) is 0 Å². The zero-order valence-electron chi connectivity index (χ0n) is 12.1. The van der Waals surface area contributed by atoms with Gasteiger partial charge >= 0.3 is 6.09 Å². The zero-order valence-corrected chi connectivity index (χ0v) is 12.8. The molecule has 0 atom stereocenters. The molecular weight excluding hydrogens is 320 g/mol. The van der Waals surface area contributed by atoms with Crippen molar-refractivity contribution in [2.75, 3.05) is 23.1 Å². The number of carboxylic acid groups (broad SMARTS) is 1. The molecule has 0 saturated carbocycles. The number of hydrogen-bond donors (Lipinski definition) is 3. The molecule has 2 aromatic rings. The Hall–Kier alpha value is -2.73. The largest absolute Gasteiger partial charge is 0.492 e. The van der Waals surface area contributed by atoms with E-state index >= 15 is 0 Å². The molecular formula is C16H15ClN2O4. The van der Waals surface area contributed by atoms with E-state index in [0.29, 0.717) is 35.2 Å². The zero-order chi connectivity index (χ0) is 16.7. The molecule has 7 heteroatoms. The van der Waals surface area contributed by atoms with Gasteiger partial charge in [0.05, 0.1) is 17.3 Å². The van der Waals surface area contributed by atoms with Gasteiger partial charge in [-0.2, -0.15) is 0 Å². The lowest BCUT2D eigenvalue weighted by molar-refractivity contribution is 0.102. The van der Waals surface area contributed by atoms with Gasteiger partial charge in [0.1, 0.15) is 12.4 Å². The van der Waals surface area contributed by atoms with Crippen LogP contribution in [0.1, 0.15) is 10.4 Å². The van der Waals surface area contributed by atoms with Gasteiger partial charge in [-0.3, -0.25) is 10.1 Å². The Morgan fingerprint density at radius 3 is 2.39 bits per heavy atom. The summed E-state index contributed by atoms with van der Waals surface area (Å²) in [7, 11) is 0. The molecule has 0 saturated heterocycles. The minimum Gasteiger partial charge on any atom is -0.492 e. The molecule has 2 aromatic carbocycles. The predicted octanol–water partition coefficient (Wildman–Crippen LogP) is 3.65. The average molecular weight is 335 g/mol. The molecule has 0 aliphatic carbocycles. The van der Waals surface area contributed by atoms with Gasteiger partial charge < -0.3 is 15.2 Å². The number of para-hydroxylation sites is 2. The Kier molecular flexibility index (Phi) is 5.82. The number of amides is 2. The lowest BCUT2D eigenvalue weighted by atomic mass is 10.2. The third-order valence-corrected chi connectivity index (χ3v) is 3.01. The van der Waals surface area contributed by atoms with Crippen molar-refractivity contribution in [1.29, 1.82) is 0 Å². The van der Waals surface area contributed by atoms with Crippen LogP contribution in [0.4, 0.5) is 16.2 Å². The van der Waals surface area contributed by atoms with E-state index in [1.807, 2.05) is 0 Å². The first-order chi connectivity index (χ1) is 11.1. The van der Waals surface area contributed by atoms with Gasteiger partial charge in [0.15, 0.2) is 0 Å². The standard InChI is InChI=1S/C16H15ClN2O4/c17-8-9-23-12-5-3-4-11(10-12)15(20)18-13-6-1-2-7-14(13)19-16(21)22/h1-7,10,19H,8-9H2,(H,18,20)(H,21,22). The first kappa shape index (κ1) is 16.6. The Bertz CT molecular complexity index is 706. The van der Waals surface area contributed by atoms with Gasteiger partial charge in [0, 0.05) is 5.56 Å². The van der Waals surface area contributed by atoms with Crippen LogP contribution in [0.25, 0.3) is 0 Å². The summed E-state index contributed by atoms with van der Waals surface area (Å²) in [5.41, 5.74) is 1.05. The summed E-state index contributed by atoms with van der Waals surface area (Å²) in [6, 6.07) is 13.2. The number of ether oxygens (including phenoxy) is 1. The molecule has 0 fully saturated rings. The number of alkyl halides is 1. The van der Waals surface area contributed by atoms with Crippen LogP contribution in [0.2, 0.25) is 0 Å². The van der Waals surface area contributed by atoms with E-state index in [0.717, 1.165) is 0 Å². The van der Waals surface area contributed by atoms with Crippen LogP contribution in [-0.2, 0) is 0 Å². The highest BCUT2D eigenvalue weighted by Gasteiger charge is 2.11. The van der Waals surface area contributed by atoms with E-state index in [1.165, 1.54) is 0 Å². The van der Waals surface area contributed by atoms with Crippen LogP contribution in [0, 0.1) is 0 Å². The van der Waals surface area contributed by atoms with Crippen molar-refractivity contribution in [3.63, 3.8) is 0 Å². The number of rotatable bonds is 6. The molecule has 0 spiro atoms.